The molecule has 0 aliphatic carbocycles. The second-order valence-electron chi connectivity index (χ2n) is 5.08. The fraction of sp³-hybridized carbons (Fsp3) is 0.400. The van der Waals surface area contributed by atoms with Gasteiger partial charge in [-0.1, -0.05) is 6.07 Å². The summed E-state index contributed by atoms with van der Waals surface area (Å²) in [7, 11) is 0. The first-order valence-corrected chi connectivity index (χ1v) is 7.95. The van der Waals surface area contributed by atoms with Crippen LogP contribution in [0.1, 0.15) is 23.1 Å². The van der Waals surface area contributed by atoms with Crippen molar-refractivity contribution in [3.8, 4) is 6.07 Å². The van der Waals surface area contributed by atoms with Gasteiger partial charge in [-0.2, -0.15) is 5.26 Å². The van der Waals surface area contributed by atoms with Crippen LogP contribution in [-0.4, -0.2) is 41.1 Å². The lowest BCUT2D eigenvalue weighted by Gasteiger charge is -2.37. The number of morpholine rings is 1. The molecule has 0 saturated carbocycles. The molecule has 2 aromatic heterocycles. The Bertz CT molecular complexity index is 639. The summed E-state index contributed by atoms with van der Waals surface area (Å²) in [6, 6.07) is 9.32. The van der Waals surface area contributed by atoms with Gasteiger partial charge in [0.25, 0.3) is 0 Å². The summed E-state index contributed by atoms with van der Waals surface area (Å²) in [4.78, 5) is 3.05. The van der Waals surface area contributed by atoms with E-state index in [1.165, 1.54) is 0 Å². The Hall–Kier alpha value is -2.01. The van der Waals surface area contributed by atoms with Gasteiger partial charge in [0.2, 0.25) is 0 Å². The second kappa shape index (κ2) is 6.83. The van der Waals surface area contributed by atoms with Gasteiger partial charge in [-0.15, -0.1) is 21.5 Å². The summed E-state index contributed by atoms with van der Waals surface area (Å²) >= 11 is 1.55. The van der Waals surface area contributed by atoms with Crippen LogP contribution in [0.25, 0.3) is 0 Å². The van der Waals surface area contributed by atoms with Crippen LogP contribution in [0.4, 0.5) is 5.82 Å². The van der Waals surface area contributed by atoms with Gasteiger partial charge in [0, 0.05) is 17.8 Å². The number of anilines is 1. The molecule has 0 bridgehead atoms. The molecule has 0 spiro atoms. The maximum Gasteiger partial charge on any atom is 0.163 e. The molecular formula is C15H16N4O2S. The minimum atomic E-state index is -0.513. The molecule has 0 amide bonds. The number of hydrogen-bond acceptors (Lipinski definition) is 7. The van der Waals surface area contributed by atoms with E-state index < -0.39 is 6.10 Å². The molecule has 1 aliphatic rings. The summed E-state index contributed by atoms with van der Waals surface area (Å²) in [5.41, 5.74) is 0.298. The Balaban J connectivity index is 1.74. The molecule has 1 saturated heterocycles. The first-order chi connectivity index (χ1) is 10.8. The van der Waals surface area contributed by atoms with Crippen molar-refractivity contribution in [2.75, 3.05) is 24.7 Å². The molecule has 7 heteroatoms. The highest BCUT2D eigenvalue weighted by atomic mass is 32.1. The van der Waals surface area contributed by atoms with Crippen LogP contribution in [0.5, 0.6) is 0 Å². The average Bonchev–Trinajstić information content (AvgIpc) is 3.10. The number of nitrogens with zero attached hydrogens (tertiary/aromatic N) is 4. The van der Waals surface area contributed by atoms with Crippen LogP contribution in [0.2, 0.25) is 0 Å². The number of aliphatic hydroxyl groups excluding tert-OH is 1. The molecule has 3 rings (SSSR count). The van der Waals surface area contributed by atoms with E-state index in [0.29, 0.717) is 37.7 Å². The molecule has 2 unspecified atom stereocenters. The minimum Gasteiger partial charge on any atom is -0.387 e. The number of rotatable bonds is 4. The van der Waals surface area contributed by atoms with E-state index in [-0.39, 0.29) is 6.04 Å². The molecule has 2 aromatic rings. The van der Waals surface area contributed by atoms with E-state index in [1.54, 1.807) is 23.5 Å². The lowest BCUT2D eigenvalue weighted by Crippen LogP contribution is -2.46. The summed E-state index contributed by atoms with van der Waals surface area (Å²) in [5.74, 6) is 0.714. The largest absolute Gasteiger partial charge is 0.387 e. The van der Waals surface area contributed by atoms with Crippen LogP contribution in [0, 0.1) is 11.3 Å². The van der Waals surface area contributed by atoms with E-state index >= 15 is 0 Å². The van der Waals surface area contributed by atoms with Crippen molar-refractivity contribution < 1.29 is 9.84 Å². The Morgan fingerprint density at radius 1 is 1.45 bits per heavy atom. The minimum absolute atomic E-state index is 0.0353. The topological polar surface area (TPSA) is 82.3 Å². The predicted molar refractivity (Wildman–Crippen MR) is 82.6 cm³/mol. The molecule has 0 radical (unpaired) electrons. The van der Waals surface area contributed by atoms with Gasteiger partial charge in [-0.3, -0.25) is 0 Å². The lowest BCUT2D eigenvalue weighted by atomic mass is 10.1. The van der Waals surface area contributed by atoms with Crippen LogP contribution in [0.15, 0.2) is 29.6 Å². The Morgan fingerprint density at radius 3 is 3.05 bits per heavy atom. The van der Waals surface area contributed by atoms with Gasteiger partial charge in [0.05, 0.1) is 25.4 Å². The van der Waals surface area contributed by atoms with Gasteiger partial charge in [-0.25, -0.2) is 0 Å². The number of hydrogen-bond donors (Lipinski definition) is 1. The fourth-order valence-corrected chi connectivity index (χ4v) is 3.27. The molecule has 1 fully saturated rings. The molecular weight excluding hydrogens is 300 g/mol. The molecule has 1 N–H and O–H groups in total. The predicted octanol–water partition coefficient (Wildman–Crippen LogP) is 1.74. The first kappa shape index (κ1) is 14.9. The SMILES string of the molecule is N#Cc1ccc(N2CCOCC2CC(O)c2cccs2)nn1. The summed E-state index contributed by atoms with van der Waals surface area (Å²) in [5, 5.41) is 29.1. The summed E-state index contributed by atoms with van der Waals surface area (Å²) in [6.45, 7) is 1.86. The molecule has 0 aromatic carbocycles. The zero-order valence-corrected chi connectivity index (χ0v) is 12.7. The van der Waals surface area contributed by atoms with Crippen LogP contribution in [0.3, 0.4) is 0 Å². The average molecular weight is 316 g/mol. The van der Waals surface area contributed by atoms with Crippen molar-refractivity contribution in [1.82, 2.24) is 10.2 Å². The first-order valence-electron chi connectivity index (χ1n) is 7.07. The zero-order valence-electron chi connectivity index (χ0n) is 11.9. The third-order valence-electron chi connectivity index (χ3n) is 3.65. The monoisotopic (exact) mass is 316 g/mol. The Labute approximate surface area is 132 Å². The van der Waals surface area contributed by atoms with Gasteiger partial charge in [-0.05, 0) is 23.6 Å². The second-order valence-corrected chi connectivity index (χ2v) is 6.06. The van der Waals surface area contributed by atoms with Crippen LogP contribution >= 0.6 is 11.3 Å². The maximum atomic E-state index is 10.4. The molecule has 114 valence electrons. The number of aliphatic hydroxyl groups is 1. The number of nitriles is 1. The van der Waals surface area contributed by atoms with Crippen molar-refractivity contribution in [3.05, 3.63) is 40.2 Å². The van der Waals surface area contributed by atoms with Crippen molar-refractivity contribution in [1.29, 1.82) is 5.26 Å². The summed E-state index contributed by atoms with van der Waals surface area (Å²) < 4.78 is 5.55. The van der Waals surface area contributed by atoms with E-state index in [4.69, 9.17) is 10.00 Å². The van der Waals surface area contributed by atoms with Gasteiger partial charge >= 0.3 is 0 Å². The normalized spacial score (nSPS) is 19.6. The van der Waals surface area contributed by atoms with Gasteiger partial charge < -0.3 is 14.7 Å². The smallest absolute Gasteiger partial charge is 0.163 e. The van der Waals surface area contributed by atoms with Crippen molar-refractivity contribution in [3.63, 3.8) is 0 Å². The highest BCUT2D eigenvalue weighted by Gasteiger charge is 2.27. The zero-order chi connectivity index (χ0) is 15.4. The van der Waals surface area contributed by atoms with Crippen molar-refractivity contribution in [2.45, 2.75) is 18.6 Å². The van der Waals surface area contributed by atoms with Crippen molar-refractivity contribution >= 4 is 17.2 Å². The van der Waals surface area contributed by atoms with Crippen LogP contribution in [-0.2, 0) is 4.74 Å². The number of aromatic nitrogens is 2. The molecule has 3 heterocycles. The Kier molecular flexibility index (Phi) is 4.63. The van der Waals surface area contributed by atoms with Gasteiger partial charge in [0.1, 0.15) is 6.07 Å². The lowest BCUT2D eigenvalue weighted by molar-refractivity contribution is 0.0683. The molecule has 1 aliphatic heterocycles. The maximum absolute atomic E-state index is 10.4. The van der Waals surface area contributed by atoms with Crippen LogP contribution < -0.4 is 4.90 Å². The third-order valence-corrected chi connectivity index (χ3v) is 4.63. The number of ether oxygens (including phenoxy) is 1. The fourth-order valence-electron chi connectivity index (χ4n) is 2.54. The van der Waals surface area contributed by atoms with E-state index in [2.05, 4.69) is 15.1 Å². The highest BCUT2D eigenvalue weighted by Crippen LogP contribution is 2.27. The van der Waals surface area contributed by atoms with E-state index in [9.17, 15) is 5.11 Å². The third kappa shape index (κ3) is 3.25. The van der Waals surface area contributed by atoms with Crippen molar-refractivity contribution in [2.24, 2.45) is 0 Å². The quantitative estimate of drug-likeness (QED) is 0.925. The highest BCUT2D eigenvalue weighted by molar-refractivity contribution is 7.10. The van der Waals surface area contributed by atoms with E-state index in [1.807, 2.05) is 23.6 Å². The van der Waals surface area contributed by atoms with Gasteiger partial charge in [0.15, 0.2) is 11.5 Å². The Morgan fingerprint density at radius 2 is 2.36 bits per heavy atom. The molecule has 6 nitrogen and oxygen atoms in total. The standard InChI is InChI=1S/C15H16N4O2S/c16-9-11-3-4-15(18-17-11)19-5-6-21-10-12(19)8-13(20)14-2-1-7-22-14/h1-4,7,12-13,20H,5-6,8,10H2. The molecule has 22 heavy (non-hydrogen) atoms. The molecule has 2 atom stereocenters. The van der Waals surface area contributed by atoms with E-state index in [0.717, 1.165) is 4.88 Å². The number of thiophene rings is 1. The summed E-state index contributed by atoms with van der Waals surface area (Å²) in [6.07, 6.45) is 0.0582.